The van der Waals surface area contributed by atoms with Gasteiger partial charge in [0.25, 0.3) is 0 Å². The third-order valence-corrected chi connectivity index (χ3v) is 3.04. The first-order chi connectivity index (χ1) is 9.10. The van der Waals surface area contributed by atoms with Crippen LogP contribution >= 0.6 is 23.2 Å². The molecule has 0 amide bonds. The van der Waals surface area contributed by atoms with Gasteiger partial charge in [-0.05, 0) is 31.3 Å². The molecule has 0 radical (unpaired) electrons. The Balaban J connectivity index is 2.30. The summed E-state index contributed by atoms with van der Waals surface area (Å²) in [6, 6.07) is 9.59. The Bertz CT molecular complexity index is 590. The van der Waals surface area contributed by atoms with Crippen LogP contribution in [0.1, 0.15) is 5.56 Å². The van der Waals surface area contributed by atoms with Gasteiger partial charge in [-0.3, -0.25) is 0 Å². The molecule has 0 aromatic heterocycles. The van der Waals surface area contributed by atoms with E-state index in [1.165, 1.54) is 18.2 Å². The van der Waals surface area contributed by atoms with Crippen molar-refractivity contribution in [2.24, 2.45) is 0 Å². The van der Waals surface area contributed by atoms with Crippen molar-refractivity contribution in [2.45, 2.75) is 6.54 Å². The van der Waals surface area contributed by atoms with Crippen molar-refractivity contribution in [1.29, 1.82) is 0 Å². The van der Waals surface area contributed by atoms with Crippen molar-refractivity contribution < 1.29 is 9.13 Å². The Kier molecular flexibility index (Phi) is 4.64. The summed E-state index contributed by atoms with van der Waals surface area (Å²) in [5, 5.41) is 3.64. The largest absolute Gasteiger partial charge is 0.457 e. The molecule has 0 fully saturated rings. The lowest BCUT2D eigenvalue weighted by Gasteiger charge is -2.12. The van der Waals surface area contributed by atoms with Gasteiger partial charge in [-0.2, -0.15) is 0 Å². The lowest BCUT2D eigenvalue weighted by atomic mass is 10.2. The highest BCUT2D eigenvalue weighted by molar-refractivity contribution is 6.31. The molecule has 0 aliphatic heterocycles. The van der Waals surface area contributed by atoms with Crippen LogP contribution < -0.4 is 10.1 Å². The molecule has 2 aromatic rings. The van der Waals surface area contributed by atoms with Gasteiger partial charge >= 0.3 is 0 Å². The van der Waals surface area contributed by atoms with Crippen LogP contribution in [0.3, 0.4) is 0 Å². The van der Waals surface area contributed by atoms with Crippen LogP contribution in [0.25, 0.3) is 0 Å². The minimum absolute atomic E-state index is 0.0229. The normalized spacial score (nSPS) is 10.5. The molecule has 0 heterocycles. The van der Waals surface area contributed by atoms with Crippen LogP contribution in [0.15, 0.2) is 36.4 Å². The first kappa shape index (κ1) is 14.1. The van der Waals surface area contributed by atoms with Crippen LogP contribution in [0.4, 0.5) is 4.39 Å². The molecule has 0 saturated heterocycles. The minimum atomic E-state index is -0.476. The molecule has 0 aliphatic carbocycles. The molecule has 1 N–H and O–H groups in total. The summed E-state index contributed by atoms with van der Waals surface area (Å²) in [5.74, 6) is 0.603. The predicted molar refractivity (Wildman–Crippen MR) is 75.7 cm³/mol. The molecular weight excluding hydrogens is 288 g/mol. The first-order valence-corrected chi connectivity index (χ1v) is 6.41. The molecule has 5 heteroatoms. The summed E-state index contributed by atoms with van der Waals surface area (Å²) >= 11 is 11.7. The minimum Gasteiger partial charge on any atom is -0.457 e. The van der Waals surface area contributed by atoms with Crippen molar-refractivity contribution in [1.82, 2.24) is 5.32 Å². The Morgan fingerprint density at radius 3 is 2.63 bits per heavy atom. The summed E-state index contributed by atoms with van der Waals surface area (Å²) in [4.78, 5) is 0. The Labute approximate surface area is 121 Å². The molecule has 0 spiro atoms. The third-order valence-electron chi connectivity index (χ3n) is 2.52. The number of benzene rings is 2. The van der Waals surface area contributed by atoms with E-state index in [0.717, 1.165) is 5.56 Å². The molecule has 0 saturated carbocycles. The molecule has 2 rings (SSSR count). The quantitative estimate of drug-likeness (QED) is 0.888. The van der Waals surface area contributed by atoms with Crippen LogP contribution in [0.2, 0.25) is 10.0 Å². The summed E-state index contributed by atoms with van der Waals surface area (Å²) in [7, 11) is 1.84. The van der Waals surface area contributed by atoms with Crippen molar-refractivity contribution in [3.63, 3.8) is 0 Å². The van der Waals surface area contributed by atoms with Gasteiger partial charge in [0, 0.05) is 23.2 Å². The number of rotatable bonds is 4. The molecule has 0 unspecified atom stereocenters. The molecule has 2 aromatic carbocycles. The van der Waals surface area contributed by atoms with Crippen molar-refractivity contribution in [3.05, 3.63) is 57.8 Å². The highest BCUT2D eigenvalue weighted by Crippen LogP contribution is 2.30. The monoisotopic (exact) mass is 299 g/mol. The molecule has 0 bridgehead atoms. The van der Waals surface area contributed by atoms with E-state index in [1.807, 2.05) is 13.1 Å². The zero-order chi connectivity index (χ0) is 13.8. The molecule has 2 nitrogen and oxygen atoms in total. The first-order valence-electron chi connectivity index (χ1n) is 5.66. The van der Waals surface area contributed by atoms with Crippen molar-refractivity contribution in [2.75, 3.05) is 7.05 Å². The smallest absolute Gasteiger partial charge is 0.142 e. The van der Waals surface area contributed by atoms with Gasteiger partial charge in [0.05, 0.1) is 5.02 Å². The summed E-state index contributed by atoms with van der Waals surface area (Å²) in [5.41, 5.74) is 0.951. The van der Waals surface area contributed by atoms with Gasteiger partial charge in [-0.25, -0.2) is 4.39 Å². The average molecular weight is 300 g/mol. The number of ether oxygens (including phenoxy) is 1. The summed E-state index contributed by atoms with van der Waals surface area (Å²) < 4.78 is 18.8. The lowest BCUT2D eigenvalue weighted by Crippen LogP contribution is -2.06. The Morgan fingerprint density at radius 1 is 1.16 bits per heavy atom. The molecule has 0 aliphatic rings. The lowest BCUT2D eigenvalue weighted by molar-refractivity contribution is 0.472. The Morgan fingerprint density at radius 2 is 1.95 bits per heavy atom. The van der Waals surface area contributed by atoms with E-state index in [2.05, 4.69) is 5.32 Å². The van der Waals surface area contributed by atoms with Gasteiger partial charge in [0.15, 0.2) is 0 Å². The van der Waals surface area contributed by atoms with E-state index in [0.29, 0.717) is 23.1 Å². The van der Waals surface area contributed by atoms with Gasteiger partial charge in [-0.15, -0.1) is 0 Å². The summed E-state index contributed by atoms with van der Waals surface area (Å²) in [6.45, 7) is 0.640. The maximum Gasteiger partial charge on any atom is 0.142 e. The van der Waals surface area contributed by atoms with E-state index in [9.17, 15) is 4.39 Å². The molecule has 0 atom stereocenters. The topological polar surface area (TPSA) is 21.3 Å². The zero-order valence-electron chi connectivity index (χ0n) is 10.2. The zero-order valence-corrected chi connectivity index (χ0v) is 11.7. The predicted octanol–water partition coefficient (Wildman–Crippen LogP) is 4.64. The van der Waals surface area contributed by atoms with E-state index in [1.54, 1.807) is 12.1 Å². The SMILES string of the molecule is CNCc1ccc(Cl)cc1Oc1ccc(F)c(Cl)c1. The van der Waals surface area contributed by atoms with Crippen LogP contribution in [0.5, 0.6) is 11.5 Å². The van der Waals surface area contributed by atoms with Crippen molar-refractivity contribution in [3.8, 4) is 11.5 Å². The number of nitrogens with one attached hydrogen (secondary N) is 1. The second-order valence-corrected chi connectivity index (χ2v) is 4.80. The number of hydrogen-bond donors (Lipinski definition) is 1. The molecule has 19 heavy (non-hydrogen) atoms. The van der Waals surface area contributed by atoms with Crippen LogP contribution in [-0.4, -0.2) is 7.05 Å². The van der Waals surface area contributed by atoms with Crippen LogP contribution in [0, 0.1) is 5.82 Å². The van der Waals surface area contributed by atoms with Gasteiger partial charge in [0.2, 0.25) is 0 Å². The van der Waals surface area contributed by atoms with E-state index < -0.39 is 5.82 Å². The van der Waals surface area contributed by atoms with Gasteiger partial charge in [0.1, 0.15) is 17.3 Å². The third kappa shape index (κ3) is 3.60. The fourth-order valence-corrected chi connectivity index (χ4v) is 1.96. The van der Waals surface area contributed by atoms with Crippen LogP contribution in [-0.2, 0) is 6.54 Å². The second-order valence-electron chi connectivity index (χ2n) is 3.96. The van der Waals surface area contributed by atoms with E-state index >= 15 is 0 Å². The number of halogens is 3. The van der Waals surface area contributed by atoms with E-state index in [4.69, 9.17) is 27.9 Å². The highest BCUT2D eigenvalue weighted by Gasteiger charge is 2.07. The fourth-order valence-electron chi connectivity index (χ4n) is 1.63. The second kappa shape index (κ2) is 6.24. The van der Waals surface area contributed by atoms with E-state index in [-0.39, 0.29) is 5.02 Å². The molecular formula is C14H12Cl2FNO. The fraction of sp³-hybridized carbons (Fsp3) is 0.143. The summed E-state index contributed by atoms with van der Waals surface area (Å²) in [6.07, 6.45) is 0. The molecule has 100 valence electrons. The van der Waals surface area contributed by atoms with Gasteiger partial charge < -0.3 is 10.1 Å². The highest BCUT2D eigenvalue weighted by atomic mass is 35.5. The maximum atomic E-state index is 13.1. The average Bonchev–Trinajstić information content (AvgIpc) is 2.37. The Hall–Kier alpha value is -1.29. The standard InChI is InChI=1S/C14H12Cl2FNO/c1-18-8-9-2-3-10(15)6-14(9)19-11-4-5-13(17)12(16)7-11/h2-7,18H,8H2,1H3. The maximum absolute atomic E-state index is 13.1. The van der Waals surface area contributed by atoms with Gasteiger partial charge in [-0.1, -0.05) is 29.3 Å². The number of hydrogen-bond acceptors (Lipinski definition) is 2. The van der Waals surface area contributed by atoms with Crippen molar-refractivity contribution >= 4 is 23.2 Å².